The quantitative estimate of drug-likeness (QED) is 0.650. The molecule has 154 valence electrons. The predicted octanol–water partition coefficient (Wildman–Crippen LogP) is 2.44. The maximum atomic E-state index is 13.0. The Morgan fingerprint density at radius 2 is 2.07 bits per heavy atom. The number of hydrogen-bond acceptors (Lipinski definition) is 7. The van der Waals surface area contributed by atoms with Gasteiger partial charge in [-0.05, 0) is 30.7 Å². The molecule has 0 bridgehead atoms. The first-order chi connectivity index (χ1) is 13.1. The van der Waals surface area contributed by atoms with Gasteiger partial charge >= 0.3 is 12.1 Å². The highest BCUT2D eigenvalue weighted by molar-refractivity contribution is 8.12. The number of nitrogens with zero attached hydrogens (tertiary/aromatic N) is 3. The van der Waals surface area contributed by atoms with Crippen molar-refractivity contribution in [2.24, 2.45) is 4.40 Å². The zero-order chi connectivity index (χ0) is 20.6. The summed E-state index contributed by atoms with van der Waals surface area (Å²) in [4.78, 5) is 14.1. The molecule has 3 rings (SSSR count). The smallest absolute Gasteiger partial charge is 0.393 e. The maximum Gasteiger partial charge on any atom is 0.431 e. The number of aliphatic hydroxyl groups is 2. The van der Waals surface area contributed by atoms with Crippen molar-refractivity contribution in [3.63, 3.8) is 0 Å². The summed E-state index contributed by atoms with van der Waals surface area (Å²) >= 11 is -1.49. The van der Waals surface area contributed by atoms with Crippen molar-refractivity contribution in [1.29, 1.82) is 0 Å². The second-order valence-corrected chi connectivity index (χ2v) is 7.74. The van der Waals surface area contributed by atoms with E-state index in [-0.39, 0.29) is 12.4 Å². The molecule has 0 aliphatic carbocycles. The Hall–Kier alpha value is -2.24. The van der Waals surface area contributed by atoms with E-state index in [1.807, 2.05) is 6.92 Å². The van der Waals surface area contributed by atoms with Gasteiger partial charge in [0.25, 0.3) is 0 Å². The highest BCUT2D eigenvalue weighted by atomic mass is 32.2. The first kappa shape index (κ1) is 20.5. The highest BCUT2D eigenvalue weighted by Gasteiger charge is 2.44. The van der Waals surface area contributed by atoms with Crippen LogP contribution in [0.1, 0.15) is 25.3 Å². The monoisotopic (exact) mass is 419 g/mol. The summed E-state index contributed by atoms with van der Waals surface area (Å²) in [6, 6.07) is 4.73. The van der Waals surface area contributed by atoms with Crippen LogP contribution in [0.4, 0.5) is 18.9 Å². The predicted molar refractivity (Wildman–Crippen MR) is 98.7 cm³/mol. The van der Waals surface area contributed by atoms with Gasteiger partial charge in [0, 0.05) is 47.2 Å². The van der Waals surface area contributed by atoms with E-state index in [1.165, 1.54) is 12.3 Å². The Morgan fingerprint density at radius 1 is 1.36 bits per heavy atom. The number of allylic oxidation sites excluding steroid dienone is 1. The molecule has 1 aromatic carbocycles. The lowest BCUT2D eigenvalue weighted by atomic mass is 10.1. The largest absolute Gasteiger partial charge is 0.431 e. The van der Waals surface area contributed by atoms with Crippen LogP contribution in [-0.2, 0) is 8.98 Å². The fourth-order valence-corrected chi connectivity index (χ4v) is 4.27. The molecule has 2 heterocycles. The summed E-state index contributed by atoms with van der Waals surface area (Å²) < 4.78 is 48.7. The molecular weight excluding hydrogens is 399 g/mol. The SMILES string of the molecule is CCCC(=O)O[SH]1N=Cc2cc(N3C(O)C=C(C(F)(F)F)N(C)C3O)ccc21. The third kappa shape index (κ3) is 3.82. The van der Waals surface area contributed by atoms with Gasteiger partial charge in [0.15, 0.2) is 6.23 Å². The van der Waals surface area contributed by atoms with Gasteiger partial charge in [0.05, 0.1) is 0 Å². The summed E-state index contributed by atoms with van der Waals surface area (Å²) in [7, 11) is 1.09. The van der Waals surface area contributed by atoms with Crippen molar-refractivity contribution in [3.8, 4) is 0 Å². The summed E-state index contributed by atoms with van der Waals surface area (Å²) in [5.74, 6) is -0.351. The van der Waals surface area contributed by atoms with Gasteiger partial charge in [0.2, 0.25) is 6.35 Å². The third-order valence-corrected chi connectivity index (χ3v) is 5.84. The number of halogens is 3. The molecule has 0 fully saturated rings. The number of rotatable bonds is 4. The molecule has 0 aromatic heterocycles. The normalized spacial score (nSPS) is 25.5. The summed E-state index contributed by atoms with van der Waals surface area (Å²) in [6.07, 6.45) is -5.02. The molecule has 1 aromatic rings. The number of anilines is 1. The molecular formula is C17H20F3N3O4S. The molecule has 0 radical (unpaired) electrons. The number of carbonyl (C=O) groups excluding carboxylic acids is 1. The fraction of sp³-hybridized carbons (Fsp3) is 0.412. The van der Waals surface area contributed by atoms with Crippen molar-refractivity contribution >= 4 is 29.2 Å². The second kappa shape index (κ2) is 7.64. The Labute approximate surface area is 162 Å². The van der Waals surface area contributed by atoms with Crippen molar-refractivity contribution in [3.05, 3.63) is 35.5 Å². The number of aliphatic hydroxyl groups excluding tert-OH is 2. The number of carbonyl (C=O) groups is 1. The molecule has 2 aliphatic rings. The average molecular weight is 419 g/mol. The van der Waals surface area contributed by atoms with Crippen LogP contribution in [-0.4, -0.2) is 53.1 Å². The first-order valence-electron chi connectivity index (χ1n) is 8.48. The summed E-state index contributed by atoms with van der Waals surface area (Å²) in [5, 5.41) is 20.5. The van der Waals surface area contributed by atoms with Crippen LogP contribution in [0.15, 0.2) is 39.3 Å². The van der Waals surface area contributed by atoms with Gasteiger partial charge in [-0.25, -0.2) is 4.40 Å². The molecule has 3 atom stereocenters. The van der Waals surface area contributed by atoms with Gasteiger partial charge in [-0.3, -0.25) is 9.69 Å². The van der Waals surface area contributed by atoms with Gasteiger partial charge in [-0.15, -0.1) is 0 Å². The molecule has 3 unspecified atom stereocenters. The Bertz CT molecular complexity index is 830. The van der Waals surface area contributed by atoms with E-state index in [0.717, 1.165) is 11.9 Å². The van der Waals surface area contributed by atoms with E-state index in [0.29, 0.717) is 33.5 Å². The van der Waals surface area contributed by atoms with Crippen LogP contribution in [0.5, 0.6) is 0 Å². The van der Waals surface area contributed by atoms with E-state index >= 15 is 0 Å². The highest BCUT2D eigenvalue weighted by Crippen LogP contribution is 2.46. The number of fused-ring (bicyclic) bond motifs is 1. The van der Waals surface area contributed by atoms with Crippen LogP contribution in [0.25, 0.3) is 0 Å². The molecule has 0 saturated heterocycles. The average Bonchev–Trinajstić information content (AvgIpc) is 2.99. The van der Waals surface area contributed by atoms with Crippen LogP contribution < -0.4 is 4.90 Å². The molecule has 2 aliphatic heterocycles. The Morgan fingerprint density at radius 3 is 2.71 bits per heavy atom. The van der Waals surface area contributed by atoms with Crippen molar-refractivity contribution < 1.29 is 32.4 Å². The molecule has 2 N–H and O–H groups in total. The van der Waals surface area contributed by atoms with Crippen molar-refractivity contribution in [1.82, 2.24) is 4.90 Å². The van der Waals surface area contributed by atoms with E-state index < -0.39 is 35.8 Å². The first-order valence-corrected chi connectivity index (χ1v) is 9.70. The lowest BCUT2D eigenvalue weighted by Gasteiger charge is -2.43. The van der Waals surface area contributed by atoms with Gasteiger partial charge in [-0.2, -0.15) is 13.2 Å². The molecule has 0 amide bonds. The van der Waals surface area contributed by atoms with Crippen LogP contribution in [0, 0.1) is 0 Å². The van der Waals surface area contributed by atoms with E-state index in [9.17, 15) is 28.2 Å². The standard InChI is InChI=1S/C17H20F3N3O4S/c1-3-4-15(25)27-28-12-6-5-11(7-10(12)9-21-28)23-14(24)8-13(17(18,19)20)22(2)16(23)26/h5-9,14,16,24,26,28H,3-4H2,1-2H3. The third-order valence-electron chi connectivity index (χ3n) is 4.32. The van der Waals surface area contributed by atoms with E-state index in [2.05, 4.69) is 4.40 Å². The lowest BCUT2D eigenvalue weighted by Crippen LogP contribution is -2.56. The number of thiol groups is 1. The molecule has 0 spiro atoms. The number of hydrogen-bond donors (Lipinski definition) is 3. The minimum absolute atomic E-state index is 0.286. The maximum absolute atomic E-state index is 13.0. The fourth-order valence-electron chi connectivity index (χ4n) is 2.94. The van der Waals surface area contributed by atoms with Crippen LogP contribution >= 0.6 is 11.4 Å². The van der Waals surface area contributed by atoms with Gasteiger partial charge in [0.1, 0.15) is 5.70 Å². The van der Waals surface area contributed by atoms with Crippen molar-refractivity contribution in [2.75, 3.05) is 11.9 Å². The molecule has 7 nitrogen and oxygen atoms in total. The van der Waals surface area contributed by atoms with E-state index in [4.69, 9.17) is 4.18 Å². The molecule has 28 heavy (non-hydrogen) atoms. The minimum Gasteiger partial charge on any atom is -0.393 e. The van der Waals surface area contributed by atoms with Gasteiger partial charge < -0.3 is 19.3 Å². The summed E-state index contributed by atoms with van der Waals surface area (Å²) in [5.41, 5.74) is -0.218. The Balaban J connectivity index is 1.85. The second-order valence-electron chi connectivity index (χ2n) is 6.30. The zero-order valence-electron chi connectivity index (χ0n) is 15.1. The lowest BCUT2D eigenvalue weighted by molar-refractivity contribution is -0.133. The summed E-state index contributed by atoms with van der Waals surface area (Å²) in [6.45, 7) is 1.86. The molecule has 0 saturated carbocycles. The van der Waals surface area contributed by atoms with Crippen LogP contribution in [0.2, 0.25) is 0 Å². The zero-order valence-corrected chi connectivity index (χ0v) is 16.0. The number of benzene rings is 1. The number of alkyl halides is 3. The molecule has 11 heteroatoms. The topological polar surface area (TPSA) is 85.6 Å². The van der Waals surface area contributed by atoms with Crippen molar-refractivity contribution in [2.45, 2.75) is 43.4 Å². The van der Waals surface area contributed by atoms with Gasteiger partial charge in [-0.1, -0.05) is 6.92 Å². The van der Waals surface area contributed by atoms with E-state index in [1.54, 1.807) is 12.1 Å². The Kier molecular flexibility index (Phi) is 5.60. The minimum atomic E-state index is -4.70. The van der Waals surface area contributed by atoms with Crippen LogP contribution in [0.3, 0.4) is 0 Å².